The SMILES string of the molecule is Cc1ccc(C(F)(F)F)cc1-n1c(N)nc2cnccc21. The molecule has 7 heteroatoms. The van der Waals surface area contributed by atoms with Gasteiger partial charge in [-0.2, -0.15) is 13.2 Å². The van der Waals surface area contributed by atoms with Crippen LogP contribution in [0.4, 0.5) is 19.1 Å². The second-order valence-corrected chi connectivity index (χ2v) is 4.67. The van der Waals surface area contributed by atoms with Crippen molar-refractivity contribution in [3.63, 3.8) is 0 Å². The fourth-order valence-electron chi connectivity index (χ4n) is 2.23. The van der Waals surface area contributed by atoms with Crippen LogP contribution in [0.1, 0.15) is 11.1 Å². The molecule has 3 aromatic rings. The molecular weight excluding hydrogens is 281 g/mol. The lowest BCUT2D eigenvalue weighted by Crippen LogP contribution is -2.08. The van der Waals surface area contributed by atoms with E-state index in [1.807, 2.05) is 0 Å². The number of imidazole rings is 1. The van der Waals surface area contributed by atoms with Crippen molar-refractivity contribution < 1.29 is 13.2 Å². The molecule has 0 aliphatic rings. The molecule has 4 nitrogen and oxygen atoms in total. The number of nitrogens with two attached hydrogens (primary N) is 1. The monoisotopic (exact) mass is 292 g/mol. The van der Waals surface area contributed by atoms with Crippen LogP contribution in [-0.2, 0) is 6.18 Å². The van der Waals surface area contributed by atoms with E-state index in [1.54, 1.807) is 19.2 Å². The van der Waals surface area contributed by atoms with Gasteiger partial charge in [-0.1, -0.05) is 6.07 Å². The molecule has 108 valence electrons. The Labute approximate surface area is 118 Å². The first-order chi connectivity index (χ1) is 9.88. The van der Waals surface area contributed by atoms with Crippen molar-refractivity contribution in [1.29, 1.82) is 0 Å². The molecule has 21 heavy (non-hydrogen) atoms. The Balaban J connectivity index is 2.30. The van der Waals surface area contributed by atoms with Gasteiger partial charge in [-0.05, 0) is 30.7 Å². The first-order valence-corrected chi connectivity index (χ1v) is 6.14. The van der Waals surface area contributed by atoms with Gasteiger partial charge in [0, 0.05) is 6.20 Å². The highest BCUT2D eigenvalue weighted by Crippen LogP contribution is 2.33. The number of aromatic nitrogens is 3. The Morgan fingerprint density at radius 1 is 1.19 bits per heavy atom. The van der Waals surface area contributed by atoms with Gasteiger partial charge in [0.1, 0.15) is 5.52 Å². The molecule has 0 bridgehead atoms. The lowest BCUT2D eigenvalue weighted by Gasteiger charge is -2.13. The van der Waals surface area contributed by atoms with Crippen molar-refractivity contribution in [2.75, 3.05) is 5.73 Å². The van der Waals surface area contributed by atoms with Gasteiger partial charge in [0.05, 0.1) is 23.0 Å². The maximum Gasteiger partial charge on any atom is 0.416 e. The number of aryl methyl sites for hydroxylation is 1. The van der Waals surface area contributed by atoms with Crippen LogP contribution in [-0.4, -0.2) is 14.5 Å². The number of nitrogen functional groups attached to an aromatic ring is 1. The smallest absolute Gasteiger partial charge is 0.369 e. The predicted octanol–water partition coefficient (Wildman–Crippen LogP) is 3.33. The largest absolute Gasteiger partial charge is 0.416 e. The number of alkyl halides is 3. The van der Waals surface area contributed by atoms with Gasteiger partial charge >= 0.3 is 6.18 Å². The maximum atomic E-state index is 12.9. The number of benzene rings is 1. The molecule has 0 saturated heterocycles. The summed E-state index contributed by atoms with van der Waals surface area (Å²) in [6.07, 6.45) is -1.34. The molecule has 0 saturated carbocycles. The quantitative estimate of drug-likeness (QED) is 0.748. The standard InChI is InChI=1S/C14H11F3N4/c1-8-2-3-9(14(15,16)17)6-12(8)21-11-4-5-19-7-10(11)20-13(21)18/h2-7H,1H3,(H2,18,20). The average molecular weight is 292 g/mol. The van der Waals surface area contributed by atoms with Crippen LogP contribution in [0.5, 0.6) is 0 Å². The van der Waals surface area contributed by atoms with E-state index in [-0.39, 0.29) is 5.95 Å². The number of hydrogen-bond acceptors (Lipinski definition) is 3. The van der Waals surface area contributed by atoms with Crippen LogP contribution < -0.4 is 5.73 Å². The van der Waals surface area contributed by atoms with Gasteiger partial charge in [-0.15, -0.1) is 0 Å². The normalized spacial score (nSPS) is 12.0. The third-order valence-electron chi connectivity index (χ3n) is 3.26. The summed E-state index contributed by atoms with van der Waals surface area (Å²) in [5.41, 5.74) is 7.31. The fraction of sp³-hybridized carbons (Fsp3) is 0.143. The number of nitrogens with zero attached hydrogens (tertiary/aromatic N) is 3. The molecule has 0 amide bonds. The van der Waals surface area contributed by atoms with E-state index in [0.717, 1.165) is 12.1 Å². The molecule has 0 fully saturated rings. The summed E-state index contributed by atoms with van der Waals surface area (Å²) in [5.74, 6) is 0.125. The van der Waals surface area contributed by atoms with Crippen LogP contribution >= 0.6 is 0 Å². The van der Waals surface area contributed by atoms with E-state index < -0.39 is 11.7 Å². The molecule has 2 aromatic heterocycles. The minimum atomic E-state index is -4.41. The van der Waals surface area contributed by atoms with Gasteiger partial charge < -0.3 is 5.73 Å². The van der Waals surface area contributed by atoms with Gasteiger partial charge in [0.15, 0.2) is 0 Å². The number of rotatable bonds is 1. The molecule has 2 N–H and O–H groups in total. The summed E-state index contributed by atoms with van der Waals surface area (Å²) >= 11 is 0. The Kier molecular flexibility index (Phi) is 2.86. The number of hydrogen-bond donors (Lipinski definition) is 1. The molecule has 3 rings (SSSR count). The highest BCUT2D eigenvalue weighted by Gasteiger charge is 2.31. The van der Waals surface area contributed by atoms with E-state index in [1.165, 1.54) is 16.8 Å². The lowest BCUT2D eigenvalue weighted by molar-refractivity contribution is -0.137. The molecule has 0 unspecified atom stereocenters. The number of pyridine rings is 1. The van der Waals surface area contributed by atoms with E-state index in [2.05, 4.69) is 9.97 Å². The molecule has 0 spiro atoms. The molecule has 2 heterocycles. The number of fused-ring (bicyclic) bond motifs is 1. The second kappa shape index (κ2) is 4.47. The number of halogens is 3. The van der Waals surface area contributed by atoms with Crippen LogP contribution in [0, 0.1) is 6.92 Å². The van der Waals surface area contributed by atoms with Gasteiger partial charge in [0.25, 0.3) is 0 Å². The van der Waals surface area contributed by atoms with Crippen molar-refractivity contribution in [3.05, 3.63) is 47.8 Å². The highest BCUT2D eigenvalue weighted by atomic mass is 19.4. The van der Waals surface area contributed by atoms with Gasteiger partial charge in [0.2, 0.25) is 5.95 Å². The predicted molar refractivity (Wildman–Crippen MR) is 73.0 cm³/mol. The Bertz CT molecular complexity index is 821. The van der Waals surface area contributed by atoms with Crippen molar-refractivity contribution in [2.45, 2.75) is 13.1 Å². The van der Waals surface area contributed by atoms with Crippen molar-refractivity contribution in [2.24, 2.45) is 0 Å². The van der Waals surface area contributed by atoms with Crippen molar-refractivity contribution >= 4 is 17.0 Å². The topological polar surface area (TPSA) is 56.7 Å². The average Bonchev–Trinajstić information content (AvgIpc) is 2.74. The minimum absolute atomic E-state index is 0.125. The lowest BCUT2D eigenvalue weighted by atomic mass is 10.1. The van der Waals surface area contributed by atoms with E-state index in [4.69, 9.17) is 5.73 Å². The molecule has 0 aliphatic heterocycles. The third-order valence-corrected chi connectivity index (χ3v) is 3.26. The molecular formula is C14H11F3N4. The highest BCUT2D eigenvalue weighted by molar-refractivity contribution is 5.80. The van der Waals surface area contributed by atoms with Crippen molar-refractivity contribution in [1.82, 2.24) is 14.5 Å². The molecule has 1 aromatic carbocycles. The summed E-state index contributed by atoms with van der Waals surface area (Å²) in [7, 11) is 0. The Hall–Kier alpha value is -2.57. The van der Waals surface area contributed by atoms with Gasteiger partial charge in [-0.25, -0.2) is 4.98 Å². The first-order valence-electron chi connectivity index (χ1n) is 6.14. The van der Waals surface area contributed by atoms with Gasteiger partial charge in [-0.3, -0.25) is 9.55 Å². The summed E-state index contributed by atoms with van der Waals surface area (Å²) in [6, 6.07) is 5.21. The van der Waals surface area contributed by atoms with Crippen LogP contribution in [0.2, 0.25) is 0 Å². The minimum Gasteiger partial charge on any atom is -0.369 e. The summed E-state index contributed by atoms with van der Waals surface area (Å²) in [4.78, 5) is 8.05. The zero-order chi connectivity index (χ0) is 15.2. The van der Waals surface area contributed by atoms with Crippen molar-refractivity contribution in [3.8, 4) is 5.69 Å². The zero-order valence-corrected chi connectivity index (χ0v) is 11.0. The third kappa shape index (κ3) is 2.20. The summed E-state index contributed by atoms with van der Waals surface area (Å²) < 4.78 is 40.2. The molecule has 0 radical (unpaired) electrons. The summed E-state index contributed by atoms with van der Waals surface area (Å²) in [6.45, 7) is 1.72. The summed E-state index contributed by atoms with van der Waals surface area (Å²) in [5, 5.41) is 0. The van der Waals surface area contributed by atoms with Crippen LogP contribution in [0.15, 0.2) is 36.7 Å². The van der Waals surface area contributed by atoms with E-state index in [0.29, 0.717) is 22.3 Å². The number of anilines is 1. The van der Waals surface area contributed by atoms with Crippen LogP contribution in [0.3, 0.4) is 0 Å². The Morgan fingerprint density at radius 3 is 2.67 bits per heavy atom. The van der Waals surface area contributed by atoms with E-state index in [9.17, 15) is 13.2 Å². The Morgan fingerprint density at radius 2 is 1.95 bits per heavy atom. The second-order valence-electron chi connectivity index (χ2n) is 4.67. The fourth-order valence-corrected chi connectivity index (χ4v) is 2.23. The van der Waals surface area contributed by atoms with Crippen LogP contribution in [0.25, 0.3) is 16.7 Å². The first kappa shape index (κ1) is 13.4. The zero-order valence-electron chi connectivity index (χ0n) is 11.0. The maximum absolute atomic E-state index is 12.9. The van der Waals surface area contributed by atoms with E-state index >= 15 is 0 Å². The molecule has 0 atom stereocenters. The molecule has 0 aliphatic carbocycles.